The van der Waals surface area contributed by atoms with E-state index in [0.717, 1.165) is 19.4 Å². The first kappa shape index (κ1) is 14.8. The summed E-state index contributed by atoms with van der Waals surface area (Å²) in [5, 5.41) is 14.4. The van der Waals surface area contributed by atoms with Crippen molar-refractivity contribution in [2.75, 3.05) is 13.2 Å². The van der Waals surface area contributed by atoms with E-state index >= 15 is 0 Å². The highest BCUT2D eigenvalue weighted by atomic mass is 16.5. The zero-order valence-electron chi connectivity index (χ0n) is 11.1. The molecule has 1 heterocycles. The maximum Gasteiger partial charge on any atom is 0.230 e. The van der Waals surface area contributed by atoms with Gasteiger partial charge in [-0.25, -0.2) is 0 Å². The van der Waals surface area contributed by atoms with Gasteiger partial charge in [-0.05, 0) is 19.3 Å². The number of hydrogen-bond donors (Lipinski definition) is 3. The molecule has 0 spiro atoms. The SMILES string of the molecule is CCC(C(=O)NCC1CCOC1CC)C(N)=NO. The van der Waals surface area contributed by atoms with Crippen LogP contribution in [0, 0.1) is 11.8 Å². The van der Waals surface area contributed by atoms with Crippen LogP contribution in [0.3, 0.4) is 0 Å². The van der Waals surface area contributed by atoms with Gasteiger partial charge in [-0.3, -0.25) is 4.79 Å². The van der Waals surface area contributed by atoms with Crippen LogP contribution in [0.5, 0.6) is 0 Å². The summed E-state index contributed by atoms with van der Waals surface area (Å²) in [7, 11) is 0. The van der Waals surface area contributed by atoms with Crippen molar-refractivity contribution in [2.24, 2.45) is 22.7 Å². The summed E-state index contributed by atoms with van der Waals surface area (Å²) >= 11 is 0. The smallest absolute Gasteiger partial charge is 0.230 e. The molecule has 104 valence electrons. The lowest BCUT2D eigenvalue weighted by atomic mass is 9.98. The van der Waals surface area contributed by atoms with E-state index in [1.165, 1.54) is 0 Å². The quantitative estimate of drug-likeness (QED) is 0.282. The molecular formula is C12H23N3O3. The molecule has 1 amide bonds. The van der Waals surface area contributed by atoms with E-state index in [1.807, 2.05) is 6.92 Å². The van der Waals surface area contributed by atoms with Gasteiger partial charge in [0.25, 0.3) is 0 Å². The Morgan fingerprint density at radius 2 is 2.33 bits per heavy atom. The molecule has 0 radical (unpaired) electrons. The molecule has 6 nitrogen and oxygen atoms in total. The van der Waals surface area contributed by atoms with Crippen molar-refractivity contribution in [1.82, 2.24) is 5.32 Å². The number of nitrogens with one attached hydrogen (secondary N) is 1. The molecule has 0 bridgehead atoms. The van der Waals surface area contributed by atoms with E-state index in [2.05, 4.69) is 17.4 Å². The number of amidine groups is 1. The zero-order valence-corrected chi connectivity index (χ0v) is 11.1. The predicted molar refractivity (Wildman–Crippen MR) is 68.3 cm³/mol. The van der Waals surface area contributed by atoms with Gasteiger partial charge in [-0.2, -0.15) is 0 Å². The van der Waals surface area contributed by atoms with Gasteiger partial charge >= 0.3 is 0 Å². The molecule has 1 aliphatic heterocycles. The fourth-order valence-corrected chi connectivity index (χ4v) is 2.33. The van der Waals surface area contributed by atoms with Crippen LogP contribution >= 0.6 is 0 Å². The fraction of sp³-hybridized carbons (Fsp3) is 0.833. The topological polar surface area (TPSA) is 96.9 Å². The molecule has 0 aliphatic carbocycles. The largest absolute Gasteiger partial charge is 0.409 e. The molecule has 1 fully saturated rings. The number of oxime groups is 1. The Balaban J connectivity index is 2.44. The molecule has 1 aliphatic rings. The second-order valence-electron chi connectivity index (χ2n) is 4.60. The third-order valence-electron chi connectivity index (χ3n) is 3.48. The molecule has 0 saturated carbocycles. The van der Waals surface area contributed by atoms with Crippen LogP contribution < -0.4 is 11.1 Å². The summed E-state index contributed by atoms with van der Waals surface area (Å²) in [6.45, 7) is 5.26. The van der Waals surface area contributed by atoms with Gasteiger partial charge in [-0.1, -0.05) is 19.0 Å². The number of hydrogen-bond acceptors (Lipinski definition) is 4. The Morgan fingerprint density at radius 1 is 1.61 bits per heavy atom. The van der Waals surface area contributed by atoms with Gasteiger partial charge in [0.2, 0.25) is 5.91 Å². The molecule has 3 atom stereocenters. The molecule has 0 aromatic heterocycles. The average Bonchev–Trinajstić information content (AvgIpc) is 2.84. The van der Waals surface area contributed by atoms with Crippen LogP contribution in [0.1, 0.15) is 33.1 Å². The summed E-state index contributed by atoms with van der Waals surface area (Å²) < 4.78 is 5.56. The van der Waals surface area contributed by atoms with Crippen molar-refractivity contribution >= 4 is 11.7 Å². The molecule has 6 heteroatoms. The number of carbonyl (C=O) groups excluding carboxylic acids is 1. The van der Waals surface area contributed by atoms with Gasteiger partial charge in [-0.15, -0.1) is 0 Å². The highest BCUT2D eigenvalue weighted by Gasteiger charge is 2.28. The summed E-state index contributed by atoms with van der Waals surface area (Å²) in [5.41, 5.74) is 5.48. The summed E-state index contributed by atoms with van der Waals surface area (Å²) in [5.74, 6) is -0.416. The molecular weight excluding hydrogens is 234 g/mol. The molecule has 4 N–H and O–H groups in total. The van der Waals surface area contributed by atoms with E-state index in [1.54, 1.807) is 0 Å². The normalized spacial score (nSPS) is 26.0. The minimum absolute atomic E-state index is 0.0373. The molecule has 0 aromatic carbocycles. The summed E-state index contributed by atoms with van der Waals surface area (Å²) in [6, 6.07) is 0. The van der Waals surface area contributed by atoms with Crippen LogP contribution in [0.4, 0.5) is 0 Å². The Labute approximate surface area is 108 Å². The Morgan fingerprint density at radius 3 is 2.89 bits per heavy atom. The van der Waals surface area contributed by atoms with Gasteiger partial charge in [0.15, 0.2) is 5.84 Å². The average molecular weight is 257 g/mol. The standard InChI is InChI=1S/C12H23N3O3/c1-3-9(11(13)15-17)12(16)14-7-8-5-6-18-10(8)4-2/h8-10,17H,3-7H2,1-2H3,(H2,13,15)(H,14,16). The fourth-order valence-electron chi connectivity index (χ4n) is 2.33. The second-order valence-corrected chi connectivity index (χ2v) is 4.60. The Kier molecular flexibility index (Phi) is 5.91. The highest BCUT2D eigenvalue weighted by Crippen LogP contribution is 2.22. The highest BCUT2D eigenvalue weighted by molar-refractivity contribution is 6.01. The molecule has 3 unspecified atom stereocenters. The lowest BCUT2D eigenvalue weighted by molar-refractivity contribution is -0.123. The predicted octanol–water partition coefficient (Wildman–Crippen LogP) is 0.690. The zero-order chi connectivity index (χ0) is 13.5. The lowest BCUT2D eigenvalue weighted by Crippen LogP contribution is -2.41. The molecule has 1 rings (SSSR count). The number of ether oxygens (including phenoxy) is 1. The molecule has 18 heavy (non-hydrogen) atoms. The number of nitrogens with zero attached hydrogens (tertiary/aromatic N) is 1. The minimum atomic E-state index is -0.558. The van der Waals surface area contributed by atoms with E-state index in [9.17, 15) is 4.79 Å². The molecule has 1 saturated heterocycles. The first-order chi connectivity index (χ1) is 8.63. The maximum absolute atomic E-state index is 11.9. The van der Waals surface area contributed by atoms with E-state index in [4.69, 9.17) is 15.7 Å². The van der Waals surface area contributed by atoms with Crippen LogP contribution in [0.2, 0.25) is 0 Å². The maximum atomic E-state index is 11.9. The number of nitrogens with two attached hydrogens (primary N) is 1. The third-order valence-corrected chi connectivity index (χ3v) is 3.48. The monoisotopic (exact) mass is 257 g/mol. The Hall–Kier alpha value is -1.30. The van der Waals surface area contributed by atoms with Crippen LogP contribution in [-0.4, -0.2) is 36.2 Å². The van der Waals surface area contributed by atoms with Crippen molar-refractivity contribution in [3.05, 3.63) is 0 Å². The first-order valence-electron chi connectivity index (χ1n) is 6.50. The first-order valence-corrected chi connectivity index (χ1v) is 6.50. The molecule has 0 aromatic rings. The van der Waals surface area contributed by atoms with Crippen LogP contribution in [0.15, 0.2) is 5.16 Å². The van der Waals surface area contributed by atoms with E-state index < -0.39 is 5.92 Å². The van der Waals surface area contributed by atoms with Crippen molar-refractivity contribution in [2.45, 2.75) is 39.2 Å². The van der Waals surface area contributed by atoms with E-state index in [0.29, 0.717) is 18.9 Å². The lowest BCUT2D eigenvalue weighted by Gasteiger charge is -2.19. The number of carbonyl (C=O) groups is 1. The van der Waals surface area contributed by atoms with Gasteiger partial charge < -0.3 is 21.0 Å². The van der Waals surface area contributed by atoms with Crippen molar-refractivity contribution in [3.63, 3.8) is 0 Å². The minimum Gasteiger partial charge on any atom is -0.409 e. The second kappa shape index (κ2) is 7.20. The van der Waals surface area contributed by atoms with Gasteiger partial charge in [0.05, 0.1) is 12.0 Å². The number of rotatable bonds is 6. The van der Waals surface area contributed by atoms with Crippen LogP contribution in [0.25, 0.3) is 0 Å². The summed E-state index contributed by atoms with van der Waals surface area (Å²) in [6.07, 6.45) is 2.67. The Bertz CT molecular complexity index is 307. The summed E-state index contributed by atoms with van der Waals surface area (Å²) in [4.78, 5) is 11.9. The van der Waals surface area contributed by atoms with E-state index in [-0.39, 0.29) is 17.8 Å². The number of amides is 1. The van der Waals surface area contributed by atoms with Crippen molar-refractivity contribution in [1.29, 1.82) is 0 Å². The third kappa shape index (κ3) is 3.60. The van der Waals surface area contributed by atoms with Crippen molar-refractivity contribution in [3.8, 4) is 0 Å². The van der Waals surface area contributed by atoms with Gasteiger partial charge in [0, 0.05) is 19.1 Å². The van der Waals surface area contributed by atoms with Gasteiger partial charge in [0.1, 0.15) is 0 Å². The van der Waals surface area contributed by atoms with Crippen molar-refractivity contribution < 1.29 is 14.7 Å². The van der Waals surface area contributed by atoms with Crippen LogP contribution in [-0.2, 0) is 9.53 Å².